The molecule has 0 aliphatic rings. The molecule has 0 heterocycles. The number of unbranched alkanes of at least 4 members (excludes halogenated alkanes) is 2. The van der Waals surface area contributed by atoms with Gasteiger partial charge in [-0.2, -0.15) is 8.42 Å². The molecule has 0 aromatic rings. The summed E-state index contributed by atoms with van der Waals surface area (Å²) >= 11 is 0. The Morgan fingerprint density at radius 1 is 1.26 bits per heavy atom. The van der Waals surface area contributed by atoms with Crippen LogP contribution in [0.2, 0.25) is 0 Å². The standard InChI is InChI=1S/C14H23O7S.Li.H/c1-5-7-8-9-13(16)21-14(11(4)22(17,18)19)10(3)20-12(15)6-2;;/h6,10-11,14H,2,4-5,7-9H2,1,3H3,(H,17,18,19);;. The predicted octanol–water partition coefficient (Wildman–Crippen LogP) is 1.04. The van der Waals surface area contributed by atoms with E-state index in [0.29, 0.717) is 6.42 Å². The van der Waals surface area contributed by atoms with E-state index in [2.05, 4.69) is 13.5 Å². The van der Waals surface area contributed by atoms with Crippen molar-refractivity contribution >= 4 is 40.9 Å². The van der Waals surface area contributed by atoms with Gasteiger partial charge in [-0.15, -0.1) is 0 Å². The summed E-state index contributed by atoms with van der Waals surface area (Å²) in [4.78, 5) is 22.9. The summed E-state index contributed by atoms with van der Waals surface area (Å²) in [6.45, 7) is 9.80. The summed E-state index contributed by atoms with van der Waals surface area (Å²) in [5.41, 5.74) is 0. The normalized spacial score (nSPS) is 14.8. The number of hydrogen-bond acceptors (Lipinski definition) is 6. The van der Waals surface area contributed by atoms with Crippen molar-refractivity contribution in [3.8, 4) is 0 Å². The Labute approximate surface area is 149 Å². The maximum atomic E-state index is 11.7. The van der Waals surface area contributed by atoms with Crippen LogP contribution in [0.25, 0.3) is 0 Å². The second-order valence-corrected chi connectivity index (χ2v) is 6.45. The van der Waals surface area contributed by atoms with Crippen LogP contribution in [0, 0.1) is 6.92 Å². The third kappa shape index (κ3) is 9.82. The van der Waals surface area contributed by atoms with Crippen LogP contribution in [0.15, 0.2) is 12.7 Å². The summed E-state index contributed by atoms with van der Waals surface area (Å²) in [6, 6.07) is 0. The van der Waals surface area contributed by atoms with Crippen LogP contribution in [0.4, 0.5) is 0 Å². The Kier molecular flexibility index (Phi) is 12.4. The van der Waals surface area contributed by atoms with Crippen LogP contribution in [0.1, 0.15) is 39.5 Å². The molecule has 0 saturated heterocycles. The van der Waals surface area contributed by atoms with Gasteiger partial charge in [0.05, 0.1) is 0 Å². The van der Waals surface area contributed by atoms with Crippen molar-refractivity contribution in [1.29, 1.82) is 0 Å². The van der Waals surface area contributed by atoms with Gasteiger partial charge in [-0.1, -0.05) is 26.3 Å². The van der Waals surface area contributed by atoms with Crippen LogP contribution >= 0.6 is 0 Å². The zero-order valence-corrected chi connectivity index (χ0v) is 13.7. The molecule has 23 heavy (non-hydrogen) atoms. The fourth-order valence-electron chi connectivity index (χ4n) is 1.67. The van der Waals surface area contributed by atoms with Crippen LogP contribution in [0.5, 0.6) is 0 Å². The van der Waals surface area contributed by atoms with E-state index in [-0.39, 0.29) is 25.3 Å². The van der Waals surface area contributed by atoms with Gasteiger partial charge in [-0.3, -0.25) is 9.35 Å². The van der Waals surface area contributed by atoms with Gasteiger partial charge >= 0.3 is 30.8 Å². The Balaban J connectivity index is 0. The van der Waals surface area contributed by atoms with Crippen LogP contribution in [0.3, 0.4) is 0 Å². The van der Waals surface area contributed by atoms with Crippen LogP contribution in [-0.4, -0.2) is 61.2 Å². The first-order valence-electron chi connectivity index (χ1n) is 6.95. The summed E-state index contributed by atoms with van der Waals surface area (Å²) < 4.78 is 41.4. The van der Waals surface area contributed by atoms with E-state index in [0.717, 1.165) is 18.9 Å². The number of carbonyl (C=O) groups is 2. The molecule has 0 fully saturated rings. The second kappa shape index (κ2) is 11.7. The van der Waals surface area contributed by atoms with Gasteiger partial charge in [0, 0.05) is 12.5 Å². The minimum atomic E-state index is -4.57. The summed E-state index contributed by atoms with van der Waals surface area (Å²) in [5, 5.41) is -1.67. The van der Waals surface area contributed by atoms with Crippen molar-refractivity contribution in [3.63, 3.8) is 0 Å². The Bertz CT molecular complexity index is 489. The molecular weight excluding hydrogens is 319 g/mol. The molecule has 9 heteroatoms. The first-order chi connectivity index (χ1) is 10.1. The molecule has 0 saturated carbocycles. The van der Waals surface area contributed by atoms with Crippen molar-refractivity contribution in [2.45, 2.75) is 57.0 Å². The van der Waals surface area contributed by atoms with E-state index >= 15 is 0 Å². The number of ether oxygens (including phenoxy) is 2. The van der Waals surface area contributed by atoms with Gasteiger partial charge < -0.3 is 9.47 Å². The number of rotatable bonds is 10. The van der Waals surface area contributed by atoms with E-state index in [1.807, 2.05) is 6.92 Å². The van der Waals surface area contributed by atoms with Gasteiger partial charge in [0.15, 0.2) is 6.10 Å². The third-order valence-corrected chi connectivity index (χ3v) is 3.97. The van der Waals surface area contributed by atoms with Gasteiger partial charge in [-0.05, 0) is 20.3 Å². The molecular formula is C14H24LiO7S. The third-order valence-electron chi connectivity index (χ3n) is 2.93. The fraction of sp³-hybridized carbons (Fsp3) is 0.643. The molecule has 0 aliphatic heterocycles. The molecule has 1 radical (unpaired) electrons. The van der Waals surface area contributed by atoms with Gasteiger partial charge in [-0.25, -0.2) is 4.79 Å². The monoisotopic (exact) mass is 343 g/mol. The average molecular weight is 343 g/mol. The molecule has 0 bridgehead atoms. The Morgan fingerprint density at radius 3 is 2.26 bits per heavy atom. The predicted molar refractivity (Wildman–Crippen MR) is 87.6 cm³/mol. The van der Waals surface area contributed by atoms with Crippen molar-refractivity contribution in [2.24, 2.45) is 0 Å². The van der Waals surface area contributed by atoms with Gasteiger partial charge in [0.25, 0.3) is 10.1 Å². The van der Waals surface area contributed by atoms with Crippen LogP contribution < -0.4 is 0 Å². The Hall–Kier alpha value is -0.813. The van der Waals surface area contributed by atoms with Gasteiger partial charge in [0.1, 0.15) is 11.4 Å². The molecule has 0 aromatic carbocycles. The maximum absolute atomic E-state index is 11.7. The van der Waals surface area contributed by atoms with Gasteiger partial charge in [0.2, 0.25) is 0 Å². The number of hydrogen-bond donors (Lipinski definition) is 1. The summed E-state index contributed by atoms with van der Waals surface area (Å²) in [6.07, 6.45) is 0.807. The van der Waals surface area contributed by atoms with E-state index in [9.17, 15) is 18.0 Å². The van der Waals surface area contributed by atoms with E-state index < -0.39 is 39.5 Å². The van der Waals surface area contributed by atoms with Crippen molar-refractivity contribution < 1.29 is 32.0 Å². The molecule has 129 valence electrons. The first-order valence-corrected chi connectivity index (χ1v) is 8.45. The molecule has 1 N–H and O–H groups in total. The molecule has 0 aromatic heterocycles. The molecule has 7 nitrogen and oxygen atoms in total. The molecule has 0 aliphatic carbocycles. The van der Waals surface area contributed by atoms with Crippen LogP contribution in [-0.2, 0) is 29.2 Å². The minimum absolute atomic E-state index is 0. The topological polar surface area (TPSA) is 107 Å². The summed E-state index contributed by atoms with van der Waals surface area (Å²) in [5.74, 6) is -1.45. The zero-order valence-electron chi connectivity index (χ0n) is 12.9. The SMILES string of the molecule is [CH2]C(C(OC(=O)CCCCC)C(C)OC(=O)C=C)S(=O)(=O)O.[LiH]. The van der Waals surface area contributed by atoms with Crippen molar-refractivity contribution in [1.82, 2.24) is 0 Å². The number of carbonyl (C=O) groups excluding carboxylic acids is 2. The van der Waals surface area contributed by atoms with E-state index in [1.165, 1.54) is 6.92 Å². The molecule has 3 unspecified atom stereocenters. The van der Waals surface area contributed by atoms with Crippen molar-refractivity contribution in [2.75, 3.05) is 0 Å². The summed E-state index contributed by atoms with van der Waals surface area (Å²) in [7, 11) is -4.57. The quantitative estimate of drug-likeness (QED) is 0.208. The molecule has 0 rings (SSSR count). The number of esters is 2. The average Bonchev–Trinajstić information content (AvgIpc) is 2.42. The van der Waals surface area contributed by atoms with Crippen molar-refractivity contribution in [3.05, 3.63) is 19.6 Å². The first kappa shape index (κ1) is 24.4. The van der Waals surface area contributed by atoms with E-state index in [4.69, 9.17) is 14.0 Å². The molecule has 3 atom stereocenters. The molecule has 0 spiro atoms. The molecule has 0 amide bonds. The Morgan fingerprint density at radius 2 is 1.83 bits per heavy atom. The fourth-order valence-corrected chi connectivity index (χ4v) is 2.29. The van der Waals surface area contributed by atoms with E-state index in [1.54, 1.807) is 0 Å². The zero-order chi connectivity index (χ0) is 17.3. The second-order valence-electron chi connectivity index (χ2n) is 4.81.